The fourth-order valence-electron chi connectivity index (χ4n) is 1.74. The Morgan fingerprint density at radius 1 is 1.28 bits per heavy atom. The second kappa shape index (κ2) is 9.54. The number of ether oxygens (including phenoxy) is 1. The van der Waals surface area contributed by atoms with Crippen molar-refractivity contribution in [2.24, 2.45) is 0 Å². The molecule has 0 aliphatic rings. The summed E-state index contributed by atoms with van der Waals surface area (Å²) in [6, 6.07) is 8.83. The molecule has 0 aromatic heterocycles. The first-order chi connectivity index (χ1) is 8.74. The van der Waals surface area contributed by atoms with Crippen molar-refractivity contribution in [2.45, 2.75) is 39.2 Å². The summed E-state index contributed by atoms with van der Waals surface area (Å²) < 4.78 is 6.67. The lowest BCUT2D eigenvalue weighted by atomic mass is 10.1. The van der Waals surface area contributed by atoms with E-state index >= 15 is 0 Å². The Hall–Kier alpha value is -0.380. The molecular formula is C15H24BrNO. The van der Waals surface area contributed by atoms with Crippen LogP contribution in [0.2, 0.25) is 0 Å². The number of unbranched alkanes of at least 4 members (excludes halogenated alkanes) is 1. The second-order valence-corrected chi connectivity index (χ2v) is 5.47. The maximum Gasteiger partial charge on any atom is 0.0478 e. The fourth-order valence-corrected chi connectivity index (χ4v) is 2.15. The number of nitrogens with one attached hydrogen (secondary N) is 1. The molecule has 0 radical (unpaired) electrons. The van der Waals surface area contributed by atoms with Crippen molar-refractivity contribution in [3.05, 3.63) is 34.3 Å². The molecule has 1 N–H and O–H groups in total. The first-order valence-corrected chi connectivity index (χ1v) is 7.60. The third kappa shape index (κ3) is 6.53. The third-order valence-electron chi connectivity index (χ3n) is 2.91. The van der Waals surface area contributed by atoms with Crippen molar-refractivity contribution in [3.8, 4) is 0 Å². The Morgan fingerprint density at radius 3 is 2.78 bits per heavy atom. The van der Waals surface area contributed by atoms with Gasteiger partial charge in [0.1, 0.15) is 0 Å². The lowest BCUT2D eigenvalue weighted by molar-refractivity contribution is 0.128. The Kier molecular flexibility index (Phi) is 8.31. The summed E-state index contributed by atoms with van der Waals surface area (Å²) in [5.74, 6) is 0. The predicted molar refractivity (Wildman–Crippen MR) is 80.9 cm³/mol. The van der Waals surface area contributed by atoms with Crippen LogP contribution < -0.4 is 5.32 Å². The number of hydrogen-bond donors (Lipinski definition) is 1. The highest BCUT2D eigenvalue weighted by molar-refractivity contribution is 9.10. The van der Waals surface area contributed by atoms with Gasteiger partial charge >= 0.3 is 0 Å². The summed E-state index contributed by atoms with van der Waals surface area (Å²) in [6.07, 6.45) is 3.45. The van der Waals surface area contributed by atoms with Crippen LogP contribution in [0.1, 0.15) is 44.7 Å². The molecule has 0 aliphatic carbocycles. The summed E-state index contributed by atoms with van der Waals surface area (Å²) in [5.41, 5.74) is 1.32. The molecule has 3 heteroatoms. The Balaban J connectivity index is 2.12. The molecular weight excluding hydrogens is 290 g/mol. The average Bonchev–Trinajstić information content (AvgIpc) is 2.37. The minimum Gasteiger partial charge on any atom is -0.381 e. The van der Waals surface area contributed by atoms with Gasteiger partial charge in [0, 0.05) is 23.7 Å². The molecule has 0 bridgehead atoms. The quantitative estimate of drug-likeness (QED) is 0.686. The normalized spacial score (nSPS) is 12.6. The molecule has 0 saturated heterocycles. The van der Waals surface area contributed by atoms with E-state index in [4.69, 9.17) is 4.74 Å². The molecule has 18 heavy (non-hydrogen) atoms. The Bertz CT molecular complexity index is 330. The summed E-state index contributed by atoms with van der Waals surface area (Å²) in [5, 5.41) is 3.52. The standard InChI is InChI=1S/C15H24BrNO/c1-3-4-10-18-11-6-9-17-13(2)14-7-5-8-15(16)12-14/h5,7-8,12-13,17H,3-4,6,9-11H2,1-2H3. The SMILES string of the molecule is CCCCOCCCNC(C)c1cccc(Br)c1. The summed E-state index contributed by atoms with van der Waals surface area (Å²) in [7, 11) is 0. The van der Waals surface area contributed by atoms with Gasteiger partial charge in [-0.1, -0.05) is 41.4 Å². The van der Waals surface area contributed by atoms with Gasteiger partial charge in [0.2, 0.25) is 0 Å². The average molecular weight is 314 g/mol. The van der Waals surface area contributed by atoms with E-state index in [2.05, 4.69) is 59.4 Å². The molecule has 2 nitrogen and oxygen atoms in total. The predicted octanol–water partition coefficient (Wildman–Crippen LogP) is 4.31. The van der Waals surface area contributed by atoms with E-state index in [0.717, 1.165) is 30.7 Å². The summed E-state index contributed by atoms with van der Waals surface area (Å²) in [4.78, 5) is 0. The van der Waals surface area contributed by atoms with Gasteiger partial charge in [-0.3, -0.25) is 0 Å². The van der Waals surface area contributed by atoms with E-state index < -0.39 is 0 Å². The Labute approximate surface area is 119 Å². The molecule has 1 aromatic rings. The van der Waals surface area contributed by atoms with E-state index in [-0.39, 0.29) is 0 Å². The molecule has 0 heterocycles. The van der Waals surface area contributed by atoms with Crippen molar-refractivity contribution in [3.63, 3.8) is 0 Å². The van der Waals surface area contributed by atoms with Crippen molar-refractivity contribution < 1.29 is 4.74 Å². The van der Waals surface area contributed by atoms with Crippen LogP contribution in [0.3, 0.4) is 0 Å². The van der Waals surface area contributed by atoms with Crippen molar-refractivity contribution in [1.29, 1.82) is 0 Å². The van der Waals surface area contributed by atoms with Gasteiger partial charge in [0.15, 0.2) is 0 Å². The van der Waals surface area contributed by atoms with Crippen LogP contribution in [0.25, 0.3) is 0 Å². The van der Waals surface area contributed by atoms with Crippen LogP contribution in [0.4, 0.5) is 0 Å². The third-order valence-corrected chi connectivity index (χ3v) is 3.40. The first kappa shape index (κ1) is 15.7. The first-order valence-electron chi connectivity index (χ1n) is 6.80. The zero-order valence-electron chi connectivity index (χ0n) is 11.4. The molecule has 102 valence electrons. The number of hydrogen-bond acceptors (Lipinski definition) is 2. The van der Waals surface area contributed by atoms with Crippen molar-refractivity contribution in [2.75, 3.05) is 19.8 Å². The molecule has 1 unspecified atom stereocenters. The van der Waals surface area contributed by atoms with E-state index in [1.807, 2.05) is 0 Å². The molecule has 1 rings (SSSR count). The van der Waals surface area contributed by atoms with Crippen LogP contribution in [0.15, 0.2) is 28.7 Å². The van der Waals surface area contributed by atoms with Crippen molar-refractivity contribution in [1.82, 2.24) is 5.32 Å². The topological polar surface area (TPSA) is 21.3 Å². The molecule has 0 aliphatic heterocycles. The highest BCUT2D eigenvalue weighted by Crippen LogP contribution is 2.17. The second-order valence-electron chi connectivity index (χ2n) is 4.55. The van der Waals surface area contributed by atoms with Gasteiger partial charge in [0.25, 0.3) is 0 Å². The van der Waals surface area contributed by atoms with Crippen LogP contribution in [-0.2, 0) is 4.74 Å². The molecule has 1 aromatic carbocycles. The lowest BCUT2D eigenvalue weighted by Crippen LogP contribution is -2.21. The number of halogens is 1. The zero-order chi connectivity index (χ0) is 13.2. The van der Waals surface area contributed by atoms with E-state index in [9.17, 15) is 0 Å². The van der Waals surface area contributed by atoms with E-state index in [0.29, 0.717) is 6.04 Å². The Morgan fingerprint density at radius 2 is 2.06 bits per heavy atom. The van der Waals surface area contributed by atoms with Crippen LogP contribution in [0.5, 0.6) is 0 Å². The van der Waals surface area contributed by atoms with Gasteiger partial charge < -0.3 is 10.1 Å². The van der Waals surface area contributed by atoms with Crippen LogP contribution in [0, 0.1) is 0 Å². The highest BCUT2D eigenvalue weighted by atomic mass is 79.9. The van der Waals surface area contributed by atoms with E-state index in [1.165, 1.54) is 18.4 Å². The van der Waals surface area contributed by atoms with Gasteiger partial charge in [-0.05, 0) is 44.0 Å². The van der Waals surface area contributed by atoms with Gasteiger partial charge in [0.05, 0.1) is 0 Å². The smallest absolute Gasteiger partial charge is 0.0478 e. The largest absolute Gasteiger partial charge is 0.381 e. The molecule has 0 spiro atoms. The maximum absolute atomic E-state index is 5.53. The monoisotopic (exact) mass is 313 g/mol. The van der Waals surface area contributed by atoms with Crippen LogP contribution >= 0.6 is 15.9 Å². The van der Waals surface area contributed by atoms with Crippen LogP contribution in [-0.4, -0.2) is 19.8 Å². The lowest BCUT2D eigenvalue weighted by Gasteiger charge is -2.14. The number of rotatable bonds is 9. The van der Waals surface area contributed by atoms with Gasteiger partial charge in [-0.2, -0.15) is 0 Å². The molecule has 0 saturated carbocycles. The van der Waals surface area contributed by atoms with Gasteiger partial charge in [-0.25, -0.2) is 0 Å². The zero-order valence-corrected chi connectivity index (χ0v) is 13.0. The van der Waals surface area contributed by atoms with Crippen molar-refractivity contribution >= 4 is 15.9 Å². The fraction of sp³-hybridized carbons (Fsp3) is 0.600. The number of benzene rings is 1. The minimum absolute atomic E-state index is 0.387. The molecule has 0 fully saturated rings. The van der Waals surface area contributed by atoms with Gasteiger partial charge in [-0.15, -0.1) is 0 Å². The summed E-state index contributed by atoms with van der Waals surface area (Å²) in [6.45, 7) is 7.14. The molecule has 1 atom stereocenters. The highest BCUT2D eigenvalue weighted by Gasteiger charge is 2.04. The minimum atomic E-state index is 0.387. The molecule has 0 amide bonds. The summed E-state index contributed by atoms with van der Waals surface area (Å²) >= 11 is 3.50. The maximum atomic E-state index is 5.53. The van der Waals surface area contributed by atoms with E-state index in [1.54, 1.807) is 0 Å².